The van der Waals surface area contributed by atoms with Gasteiger partial charge in [-0.3, -0.25) is 9.59 Å². The van der Waals surface area contributed by atoms with Crippen molar-refractivity contribution in [2.75, 3.05) is 13.1 Å². The molecular weight excluding hydrogens is 386 g/mol. The van der Waals surface area contributed by atoms with Crippen molar-refractivity contribution in [3.8, 4) is 0 Å². The Bertz CT molecular complexity index is 875. The average Bonchev–Trinajstić information content (AvgIpc) is 2.74. The molecule has 1 saturated heterocycles. The van der Waals surface area contributed by atoms with Crippen LogP contribution in [0.3, 0.4) is 0 Å². The van der Waals surface area contributed by atoms with Crippen LogP contribution >= 0.6 is 0 Å². The number of amides is 2. The van der Waals surface area contributed by atoms with Gasteiger partial charge in [0.2, 0.25) is 11.8 Å². The molecule has 0 unspecified atom stereocenters. The molecule has 160 valence electrons. The van der Waals surface area contributed by atoms with E-state index in [9.17, 15) is 18.4 Å². The van der Waals surface area contributed by atoms with E-state index in [4.69, 9.17) is 0 Å². The third-order valence-corrected chi connectivity index (χ3v) is 5.71. The molecule has 2 amide bonds. The van der Waals surface area contributed by atoms with Gasteiger partial charge in [-0.25, -0.2) is 8.78 Å². The molecule has 1 atom stereocenters. The van der Waals surface area contributed by atoms with E-state index in [1.54, 1.807) is 35.2 Å². The van der Waals surface area contributed by atoms with Crippen LogP contribution in [-0.2, 0) is 16.0 Å². The quantitative estimate of drug-likeness (QED) is 0.775. The minimum absolute atomic E-state index is 0.0862. The molecule has 0 aliphatic carbocycles. The van der Waals surface area contributed by atoms with Crippen LogP contribution in [0.1, 0.15) is 43.7 Å². The molecule has 0 radical (unpaired) electrons. The van der Waals surface area contributed by atoms with Crippen molar-refractivity contribution in [2.24, 2.45) is 5.92 Å². The standard InChI is InChI=1S/C24H28F2N2O2/c1-16(2)23(27-22(29)15-19-5-3-4-6-21(19)26)24(30)28-13-11-18(12-14-28)17-7-9-20(25)10-8-17/h3-10,16,18,23H,11-15H2,1-2H3,(H,27,29)/t23-/m1/s1. The SMILES string of the molecule is CC(C)[C@@H](NC(=O)Cc1ccccc1F)C(=O)N1CCC(c2ccc(F)cc2)CC1. The normalized spacial score (nSPS) is 15.8. The Labute approximate surface area is 176 Å². The largest absolute Gasteiger partial charge is 0.344 e. The van der Waals surface area contributed by atoms with Gasteiger partial charge in [-0.2, -0.15) is 0 Å². The van der Waals surface area contributed by atoms with E-state index in [1.165, 1.54) is 18.2 Å². The summed E-state index contributed by atoms with van der Waals surface area (Å²) in [7, 11) is 0. The number of hydrogen-bond acceptors (Lipinski definition) is 2. The van der Waals surface area contributed by atoms with E-state index in [0.717, 1.165) is 18.4 Å². The molecule has 2 aromatic carbocycles. The fraction of sp³-hybridized carbons (Fsp3) is 0.417. The predicted octanol–water partition coefficient (Wildman–Crippen LogP) is 4.05. The molecule has 1 heterocycles. The van der Waals surface area contributed by atoms with E-state index < -0.39 is 11.9 Å². The Morgan fingerprint density at radius 1 is 1.03 bits per heavy atom. The smallest absolute Gasteiger partial charge is 0.245 e. The zero-order chi connectivity index (χ0) is 21.7. The summed E-state index contributed by atoms with van der Waals surface area (Å²) in [5.41, 5.74) is 1.40. The molecule has 0 spiro atoms. The van der Waals surface area contributed by atoms with Crippen LogP contribution in [0.4, 0.5) is 8.78 Å². The van der Waals surface area contributed by atoms with Gasteiger partial charge in [0.05, 0.1) is 6.42 Å². The van der Waals surface area contributed by atoms with Crippen LogP contribution < -0.4 is 5.32 Å². The predicted molar refractivity (Wildman–Crippen MR) is 112 cm³/mol. The van der Waals surface area contributed by atoms with Gasteiger partial charge in [0, 0.05) is 13.1 Å². The van der Waals surface area contributed by atoms with E-state index in [2.05, 4.69) is 5.32 Å². The Kier molecular flexibility index (Phi) is 7.19. The lowest BCUT2D eigenvalue weighted by Crippen LogP contribution is -2.53. The van der Waals surface area contributed by atoms with Gasteiger partial charge in [-0.1, -0.05) is 44.2 Å². The highest BCUT2D eigenvalue weighted by Gasteiger charge is 2.31. The van der Waals surface area contributed by atoms with E-state index in [1.807, 2.05) is 13.8 Å². The number of piperidine rings is 1. The Morgan fingerprint density at radius 3 is 2.27 bits per heavy atom. The molecule has 4 nitrogen and oxygen atoms in total. The maximum Gasteiger partial charge on any atom is 0.245 e. The van der Waals surface area contributed by atoms with Crippen LogP contribution in [0.15, 0.2) is 48.5 Å². The Hall–Kier alpha value is -2.76. The number of benzene rings is 2. The molecule has 0 saturated carbocycles. The number of likely N-dealkylation sites (tertiary alicyclic amines) is 1. The summed E-state index contributed by atoms with van der Waals surface area (Å²) in [4.78, 5) is 27.3. The maximum atomic E-state index is 13.8. The van der Waals surface area contributed by atoms with Crippen molar-refractivity contribution < 1.29 is 18.4 Å². The second kappa shape index (κ2) is 9.83. The molecule has 1 fully saturated rings. The Morgan fingerprint density at radius 2 is 1.67 bits per heavy atom. The molecule has 30 heavy (non-hydrogen) atoms. The molecule has 1 aliphatic heterocycles. The van der Waals surface area contributed by atoms with Crippen molar-refractivity contribution in [3.05, 3.63) is 71.3 Å². The number of nitrogens with one attached hydrogen (secondary N) is 1. The lowest BCUT2D eigenvalue weighted by atomic mass is 9.89. The van der Waals surface area contributed by atoms with Crippen molar-refractivity contribution in [2.45, 2.75) is 45.1 Å². The fourth-order valence-corrected chi connectivity index (χ4v) is 3.92. The molecule has 0 bridgehead atoms. The first kappa shape index (κ1) is 21.9. The van der Waals surface area contributed by atoms with Crippen LogP contribution in [0, 0.1) is 17.6 Å². The molecule has 1 aliphatic rings. The highest BCUT2D eigenvalue weighted by atomic mass is 19.1. The minimum atomic E-state index is -0.647. The number of carbonyl (C=O) groups excluding carboxylic acids is 2. The van der Waals surface area contributed by atoms with Gasteiger partial charge < -0.3 is 10.2 Å². The summed E-state index contributed by atoms with van der Waals surface area (Å²) < 4.78 is 27.0. The summed E-state index contributed by atoms with van der Waals surface area (Å²) in [5.74, 6) is -0.947. The summed E-state index contributed by atoms with van der Waals surface area (Å²) in [5, 5.41) is 2.80. The monoisotopic (exact) mass is 414 g/mol. The molecule has 6 heteroatoms. The zero-order valence-electron chi connectivity index (χ0n) is 17.4. The number of rotatable bonds is 6. The Balaban J connectivity index is 1.58. The van der Waals surface area contributed by atoms with Gasteiger partial charge in [-0.05, 0) is 54.0 Å². The topological polar surface area (TPSA) is 49.4 Å². The first-order chi connectivity index (χ1) is 14.3. The van der Waals surface area contributed by atoms with Crippen molar-refractivity contribution in [1.82, 2.24) is 10.2 Å². The van der Waals surface area contributed by atoms with Gasteiger partial charge in [0.1, 0.15) is 17.7 Å². The first-order valence-corrected chi connectivity index (χ1v) is 10.4. The van der Waals surface area contributed by atoms with Crippen molar-refractivity contribution >= 4 is 11.8 Å². The molecular formula is C24H28F2N2O2. The average molecular weight is 414 g/mol. The third kappa shape index (κ3) is 5.43. The van der Waals surface area contributed by atoms with Crippen LogP contribution in [-0.4, -0.2) is 35.8 Å². The first-order valence-electron chi connectivity index (χ1n) is 10.4. The summed E-state index contributed by atoms with van der Waals surface area (Å²) in [6.07, 6.45) is 1.49. The summed E-state index contributed by atoms with van der Waals surface area (Å²) in [6.45, 7) is 4.95. The lowest BCUT2D eigenvalue weighted by Gasteiger charge is -2.35. The van der Waals surface area contributed by atoms with Crippen LogP contribution in [0.25, 0.3) is 0 Å². The highest BCUT2D eigenvalue weighted by Crippen LogP contribution is 2.28. The van der Waals surface area contributed by atoms with Gasteiger partial charge in [-0.15, -0.1) is 0 Å². The number of halogens is 2. The molecule has 3 rings (SSSR count). The zero-order valence-corrected chi connectivity index (χ0v) is 17.4. The highest BCUT2D eigenvalue weighted by molar-refractivity contribution is 5.88. The minimum Gasteiger partial charge on any atom is -0.344 e. The van der Waals surface area contributed by atoms with E-state index in [0.29, 0.717) is 24.6 Å². The van der Waals surface area contributed by atoms with Crippen LogP contribution in [0.2, 0.25) is 0 Å². The summed E-state index contributed by atoms with van der Waals surface area (Å²) >= 11 is 0. The third-order valence-electron chi connectivity index (χ3n) is 5.71. The van der Waals surface area contributed by atoms with E-state index in [-0.39, 0.29) is 30.0 Å². The van der Waals surface area contributed by atoms with Gasteiger partial charge >= 0.3 is 0 Å². The molecule has 0 aromatic heterocycles. The number of hydrogen-bond donors (Lipinski definition) is 1. The molecule has 1 N–H and O–H groups in total. The van der Waals surface area contributed by atoms with Gasteiger partial charge in [0.25, 0.3) is 0 Å². The number of nitrogens with zero attached hydrogens (tertiary/aromatic N) is 1. The van der Waals surface area contributed by atoms with Crippen molar-refractivity contribution in [3.63, 3.8) is 0 Å². The van der Waals surface area contributed by atoms with Gasteiger partial charge in [0.15, 0.2) is 0 Å². The molecule has 2 aromatic rings. The van der Waals surface area contributed by atoms with Crippen molar-refractivity contribution in [1.29, 1.82) is 0 Å². The lowest BCUT2D eigenvalue weighted by molar-refractivity contribution is -0.138. The second-order valence-corrected chi connectivity index (χ2v) is 8.21. The van der Waals surface area contributed by atoms with Crippen LogP contribution in [0.5, 0.6) is 0 Å². The maximum absolute atomic E-state index is 13.8. The number of carbonyl (C=O) groups is 2. The summed E-state index contributed by atoms with van der Waals surface area (Å²) in [6, 6.07) is 12.0. The second-order valence-electron chi connectivity index (χ2n) is 8.21. The van der Waals surface area contributed by atoms with E-state index >= 15 is 0 Å². The fourth-order valence-electron chi connectivity index (χ4n) is 3.92.